The molecule has 3 rings (SSSR count). The van der Waals surface area contributed by atoms with Crippen LogP contribution in [0.2, 0.25) is 0 Å². The summed E-state index contributed by atoms with van der Waals surface area (Å²) in [6.07, 6.45) is 2.87. The first-order valence-corrected chi connectivity index (χ1v) is 7.81. The van der Waals surface area contributed by atoms with Crippen molar-refractivity contribution in [3.63, 3.8) is 0 Å². The summed E-state index contributed by atoms with van der Waals surface area (Å²) < 4.78 is 6.13. The zero-order valence-corrected chi connectivity index (χ0v) is 13.1. The van der Waals surface area contributed by atoms with Crippen LogP contribution in [0.5, 0.6) is 5.75 Å². The number of nitrogens with zero attached hydrogens (tertiary/aromatic N) is 1. The number of aryl methyl sites for hydroxylation is 1. The maximum atomic E-state index is 6.13. The van der Waals surface area contributed by atoms with E-state index in [1.54, 1.807) is 0 Å². The molecule has 2 nitrogen and oxygen atoms in total. The van der Waals surface area contributed by atoms with Gasteiger partial charge in [0.15, 0.2) is 0 Å². The van der Waals surface area contributed by atoms with Gasteiger partial charge in [0.2, 0.25) is 0 Å². The van der Waals surface area contributed by atoms with Crippen LogP contribution >= 0.6 is 0 Å². The summed E-state index contributed by atoms with van der Waals surface area (Å²) in [6.45, 7) is 5.03. The Labute approximate surface area is 131 Å². The number of ether oxygens (including phenoxy) is 1. The molecule has 1 heterocycles. The Bertz CT molecular complexity index is 761. The van der Waals surface area contributed by atoms with Crippen molar-refractivity contribution in [2.24, 2.45) is 0 Å². The average molecular weight is 291 g/mol. The monoisotopic (exact) mass is 291 g/mol. The van der Waals surface area contributed by atoms with Gasteiger partial charge in [-0.3, -0.25) is 4.98 Å². The van der Waals surface area contributed by atoms with Crippen molar-refractivity contribution < 1.29 is 4.74 Å². The van der Waals surface area contributed by atoms with Gasteiger partial charge >= 0.3 is 0 Å². The number of benzene rings is 2. The van der Waals surface area contributed by atoms with Gasteiger partial charge in [0.25, 0.3) is 0 Å². The molecule has 0 bridgehead atoms. The molecule has 112 valence electrons. The summed E-state index contributed by atoms with van der Waals surface area (Å²) in [5.74, 6) is 1.32. The molecular weight excluding hydrogens is 270 g/mol. The van der Waals surface area contributed by atoms with Crippen LogP contribution in [0.15, 0.2) is 60.8 Å². The molecule has 0 aliphatic rings. The Balaban J connectivity index is 1.80. The first-order valence-electron chi connectivity index (χ1n) is 7.81. The SMILES string of the molecule is CCC(COc1ccnc2ccccc12)c1cccc(C)c1. The maximum absolute atomic E-state index is 6.13. The summed E-state index contributed by atoms with van der Waals surface area (Å²) in [5.41, 5.74) is 3.62. The van der Waals surface area contributed by atoms with Crippen LogP contribution in [-0.2, 0) is 0 Å². The van der Waals surface area contributed by atoms with E-state index in [1.165, 1.54) is 11.1 Å². The normalized spacial score (nSPS) is 12.3. The highest BCUT2D eigenvalue weighted by Gasteiger charge is 2.11. The second kappa shape index (κ2) is 6.61. The van der Waals surface area contributed by atoms with E-state index < -0.39 is 0 Å². The zero-order valence-electron chi connectivity index (χ0n) is 13.1. The van der Waals surface area contributed by atoms with Crippen LogP contribution < -0.4 is 4.74 Å². The fourth-order valence-electron chi connectivity index (χ4n) is 2.76. The van der Waals surface area contributed by atoms with Crippen molar-refractivity contribution in [1.82, 2.24) is 4.98 Å². The lowest BCUT2D eigenvalue weighted by Crippen LogP contribution is -2.10. The Morgan fingerprint density at radius 1 is 1.05 bits per heavy atom. The molecule has 0 fully saturated rings. The fraction of sp³-hybridized carbons (Fsp3) is 0.250. The van der Waals surface area contributed by atoms with Crippen molar-refractivity contribution in [1.29, 1.82) is 0 Å². The number of pyridine rings is 1. The van der Waals surface area contributed by atoms with Crippen molar-refractivity contribution in [2.45, 2.75) is 26.2 Å². The highest BCUT2D eigenvalue weighted by atomic mass is 16.5. The summed E-state index contributed by atoms with van der Waals surface area (Å²) in [4.78, 5) is 4.38. The van der Waals surface area contributed by atoms with Crippen LogP contribution in [0.4, 0.5) is 0 Å². The van der Waals surface area contributed by atoms with Crippen molar-refractivity contribution in [2.75, 3.05) is 6.61 Å². The summed E-state index contributed by atoms with van der Waals surface area (Å²) in [5, 5.41) is 1.07. The minimum Gasteiger partial charge on any atom is -0.492 e. The smallest absolute Gasteiger partial charge is 0.130 e. The molecule has 0 aliphatic carbocycles. The predicted octanol–water partition coefficient (Wildman–Crippen LogP) is 5.12. The van der Waals surface area contributed by atoms with E-state index in [1.807, 2.05) is 30.5 Å². The third-order valence-electron chi connectivity index (χ3n) is 4.06. The molecule has 0 radical (unpaired) electrons. The van der Waals surface area contributed by atoms with Crippen LogP contribution in [0.3, 0.4) is 0 Å². The lowest BCUT2D eigenvalue weighted by molar-refractivity contribution is 0.288. The summed E-state index contributed by atoms with van der Waals surface area (Å²) >= 11 is 0. The molecule has 3 aromatic rings. The number of aromatic nitrogens is 1. The quantitative estimate of drug-likeness (QED) is 0.651. The second-order valence-electron chi connectivity index (χ2n) is 5.66. The standard InChI is InChI=1S/C20H21NO/c1-3-16(17-8-6-7-15(2)13-17)14-22-20-11-12-21-19-10-5-4-9-18(19)20/h4-13,16H,3,14H2,1-2H3. The second-order valence-corrected chi connectivity index (χ2v) is 5.66. The van der Waals surface area contributed by atoms with Gasteiger partial charge < -0.3 is 4.74 Å². The molecular formula is C20H21NO. The first kappa shape index (κ1) is 14.6. The Kier molecular flexibility index (Phi) is 4.38. The highest BCUT2D eigenvalue weighted by molar-refractivity contribution is 5.84. The van der Waals surface area contributed by atoms with Crippen LogP contribution in [0, 0.1) is 6.92 Å². The molecule has 22 heavy (non-hydrogen) atoms. The minimum atomic E-state index is 0.409. The van der Waals surface area contributed by atoms with Gasteiger partial charge in [-0.25, -0.2) is 0 Å². The third-order valence-corrected chi connectivity index (χ3v) is 4.06. The van der Waals surface area contributed by atoms with Crippen LogP contribution in [0.1, 0.15) is 30.4 Å². The molecule has 0 amide bonds. The molecule has 0 aliphatic heterocycles. The molecule has 1 atom stereocenters. The number of hydrogen-bond acceptors (Lipinski definition) is 2. The highest BCUT2D eigenvalue weighted by Crippen LogP contribution is 2.26. The van der Waals surface area contributed by atoms with E-state index in [0.29, 0.717) is 12.5 Å². The van der Waals surface area contributed by atoms with Crippen LogP contribution in [-0.4, -0.2) is 11.6 Å². The summed E-state index contributed by atoms with van der Waals surface area (Å²) in [6, 6.07) is 18.7. The van der Waals surface area contributed by atoms with E-state index >= 15 is 0 Å². The molecule has 0 spiro atoms. The zero-order chi connectivity index (χ0) is 15.4. The number of rotatable bonds is 5. The Morgan fingerprint density at radius 3 is 2.73 bits per heavy atom. The minimum absolute atomic E-state index is 0.409. The first-order chi connectivity index (χ1) is 10.8. The third kappa shape index (κ3) is 3.11. The van der Waals surface area contributed by atoms with Crippen molar-refractivity contribution in [3.05, 3.63) is 71.9 Å². The molecule has 1 unspecified atom stereocenters. The number of para-hydroxylation sites is 1. The molecule has 0 saturated heterocycles. The van der Waals surface area contributed by atoms with Gasteiger partial charge in [0.1, 0.15) is 5.75 Å². The van der Waals surface area contributed by atoms with Gasteiger partial charge in [-0.15, -0.1) is 0 Å². The topological polar surface area (TPSA) is 22.1 Å². The fourth-order valence-corrected chi connectivity index (χ4v) is 2.76. The van der Waals surface area contributed by atoms with E-state index in [-0.39, 0.29) is 0 Å². The van der Waals surface area contributed by atoms with Crippen molar-refractivity contribution >= 4 is 10.9 Å². The molecule has 0 N–H and O–H groups in total. The number of hydrogen-bond donors (Lipinski definition) is 0. The van der Waals surface area contributed by atoms with Gasteiger partial charge in [-0.1, -0.05) is 48.9 Å². The molecule has 2 aromatic carbocycles. The van der Waals surface area contributed by atoms with Crippen LogP contribution in [0.25, 0.3) is 10.9 Å². The van der Waals surface area contributed by atoms with Gasteiger partial charge in [0, 0.05) is 17.5 Å². The number of fused-ring (bicyclic) bond motifs is 1. The lowest BCUT2D eigenvalue weighted by atomic mass is 9.96. The average Bonchev–Trinajstić information content (AvgIpc) is 2.56. The van der Waals surface area contributed by atoms with E-state index in [9.17, 15) is 0 Å². The predicted molar refractivity (Wildman–Crippen MR) is 91.4 cm³/mol. The van der Waals surface area contributed by atoms with E-state index in [4.69, 9.17) is 4.74 Å². The maximum Gasteiger partial charge on any atom is 0.130 e. The lowest BCUT2D eigenvalue weighted by Gasteiger charge is -2.17. The van der Waals surface area contributed by atoms with E-state index in [0.717, 1.165) is 23.1 Å². The summed E-state index contributed by atoms with van der Waals surface area (Å²) in [7, 11) is 0. The Morgan fingerprint density at radius 2 is 1.91 bits per heavy atom. The largest absolute Gasteiger partial charge is 0.492 e. The molecule has 0 saturated carbocycles. The molecule has 2 heteroatoms. The van der Waals surface area contributed by atoms with E-state index in [2.05, 4.69) is 49.2 Å². The van der Waals surface area contributed by atoms with Gasteiger partial charge in [-0.2, -0.15) is 0 Å². The van der Waals surface area contributed by atoms with Gasteiger partial charge in [-0.05, 0) is 37.1 Å². The van der Waals surface area contributed by atoms with Gasteiger partial charge in [0.05, 0.1) is 12.1 Å². The Hall–Kier alpha value is -2.35. The molecule has 1 aromatic heterocycles. The van der Waals surface area contributed by atoms with Crippen molar-refractivity contribution in [3.8, 4) is 5.75 Å².